The average Bonchev–Trinajstić information content (AvgIpc) is 2.72. The number of fused-ring (bicyclic) bond motifs is 1. The number of carbonyl (C=O) groups excluding carboxylic acids is 1. The molecule has 0 aliphatic carbocycles. The van der Waals surface area contributed by atoms with E-state index < -0.39 is 9.84 Å². The highest BCUT2D eigenvalue weighted by molar-refractivity contribution is 7.91. The molecule has 108 valence electrons. The highest BCUT2D eigenvalue weighted by atomic mass is 32.2. The summed E-state index contributed by atoms with van der Waals surface area (Å²) in [7, 11) is -1.37. The lowest BCUT2D eigenvalue weighted by Gasteiger charge is -2.22. The van der Waals surface area contributed by atoms with Crippen molar-refractivity contribution in [1.82, 2.24) is 4.90 Å². The van der Waals surface area contributed by atoms with Crippen molar-refractivity contribution in [2.24, 2.45) is 0 Å². The summed E-state index contributed by atoms with van der Waals surface area (Å²) in [5.74, 6) is 0.127. The molecule has 0 N–H and O–H groups in total. The number of urea groups is 1. The number of amides is 2. The minimum Gasteiger partial charge on any atom is -0.321 e. The molecule has 0 radical (unpaired) electrons. The minimum atomic E-state index is -3.06. The zero-order chi connectivity index (χ0) is 14.7. The summed E-state index contributed by atoms with van der Waals surface area (Å²) in [5, 5.41) is 0. The summed E-state index contributed by atoms with van der Waals surface area (Å²) < 4.78 is 23.7. The van der Waals surface area contributed by atoms with Crippen LogP contribution in [0.15, 0.2) is 18.2 Å². The van der Waals surface area contributed by atoms with Gasteiger partial charge in [-0.25, -0.2) is 13.2 Å². The van der Waals surface area contributed by atoms with Crippen molar-refractivity contribution in [3.05, 3.63) is 29.3 Å². The highest BCUT2D eigenvalue weighted by Gasteiger charge is 2.52. The fourth-order valence-electron chi connectivity index (χ4n) is 3.27. The van der Waals surface area contributed by atoms with Crippen LogP contribution in [-0.2, 0) is 9.84 Å². The molecule has 6 heteroatoms. The van der Waals surface area contributed by atoms with Gasteiger partial charge in [-0.2, -0.15) is 0 Å². The lowest BCUT2D eigenvalue weighted by atomic mass is 10.1. The molecule has 2 unspecified atom stereocenters. The van der Waals surface area contributed by atoms with E-state index in [1.54, 1.807) is 16.8 Å². The zero-order valence-corrected chi connectivity index (χ0v) is 12.6. The van der Waals surface area contributed by atoms with Crippen LogP contribution in [0.4, 0.5) is 10.5 Å². The first kappa shape index (κ1) is 13.4. The van der Waals surface area contributed by atoms with Gasteiger partial charge in [0.25, 0.3) is 0 Å². The molecular weight excluding hydrogens is 276 g/mol. The van der Waals surface area contributed by atoms with E-state index in [2.05, 4.69) is 0 Å². The van der Waals surface area contributed by atoms with Gasteiger partial charge in [-0.3, -0.25) is 4.90 Å². The van der Waals surface area contributed by atoms with E-state index in [4.69, 9.17) is 0 Å². The van der Waals surface area contributed by atoms with Crippen molar-refractivity contribution in [3.8, 4) is 0 Å². The number of likely N-dealkylation sites (N-methyl/N-ethyl adjacent to an activating group) is 1. The number of rotatable bonds is 1. The van der Waals surface area contributed by atoms with Gasteiger partial charge in [-0.15, -0.1) is 0 Å². The van der Waals surface area contributed by atoms with Gasteiger partial charge in [-0.05, 0) is 37.1 Å². The number of carbonyl (C=O) groups is 1. The summed E-state index contributed by atoms with van der Waals surface area (Å²) in [6.07, 6.45) is 0. The van der Waals surface area contributed by atoms with Gasteiger partial charge in [0.2, 0.25) is 0 Å². The molecule has 0 saturated carbocycles. The Bertz CT molecular complexity index is 663. The van der Waals surface area contributed by atoms with Gasteiger partial charge in [0, 0.05) is 12.7 Å². The SMILES string of the molecule is Cc1cc(C)cc(N2C(=O)N(C)C3CS(=O)(=O)CC32)c1. The normalized spacial score (nSPS) is 28.1. The van der Waals surface area contributed by atoms with Crippen molar-refractivity contribution >= 4 is 21.6 Å². The van der Waals surface area contributed by atoms with Crippen molar-refractivity contribution in [2.45, 2.75) is 25.9 Å². The Morgan fingerprint density at radius 1 is 1.05 bits per heavy atom. The molecule has 1 aromatic rings. The van der Waals surface area contributed by atoms with Crippen LogP contribution in [0.5, 0.6) is 0 Å². The fraction of sp³-hybridized carbons (Fsp3) is 0.500. The maximum absolute atomic E-state index is 12.4. The monoisotopic (exact) mass is 294 g/mol. The predicted molar refractivity (Wildman–Crippen MR) is 77.8 cm³/mol. The van der Waals surface area contributed by atoms with Crippen molar-refractivity contribution in [2.75, 3.05) is 23.5 Å². The maximum atomic E-state index is 12.4. The molecule has 2 saturated heterocycles. The first-order chi connectivity index (χ1) is 9.28. The van der Waals surface area contributed by atoms with Crippen LogP contribution in [0.1, 0.15) is 11.1 Å². The van der Waals surface area contributed by atoms with Gasteiger partial charge in [0.1, 0.15) is 0 Å². The van der Waals surface area contributed by atoms with Gasteiger partial charge >= 0.3 is 6.03 Å². The quantitative estimate of drug-likeness (QED) is 0.734. The second-order valence-electron chi connectivity index (χ2n) is 5.82. The molecule has 2 amide bonds. The maximum Gasteiger partial charge on any atom is 0.324 e. The Morgan fingerprint density at radius 3 is 2.20 bits per heavy atom. The number of anilines is 1. The minimum absolute atomic E-state index is 0.0563. The third kappa shape index (κ3) is 1.98. The van der Waals surface area contributed by atoms with Crippen molar-refractivity contribution in [1.29, 1.82) is 0 Å². The molecule has 20 heavy (non-hydrogen) atoms. The lowest BCUT2D eigenvalue weighted by molar-refractivity contribution is 0.221. The lowest BCUT2D eigenvalue weighted by Crippen LogP contribution is -2.37. The van der Waals surface area contributed by atoms with E-state index in [9.17, 15) is 13.2 Å². The van der Waals surface area contributed by atoms with Crippen LogP contribution in [-0.4, -0.2) is 50.0 Å². The van der Waals surface area contributed by atoms with Gasteiger partial charge < -0.3 is 4.90 Å². The third-order valence-corrected chi connectivity index (χ3v) is 5.81. The van der Waals surface area contributed by atoms with Gasteiger partial charge in [0.15, 0.2) is 9.84 Å². The summed E-state index contributed by atoms with van der Waals surface area (Å²) in [5.41, 5.74) is 2.93. The highest BCUT2D eigenvalue weighted by Crippen LogP contribution is 2.34. The van der Waals surface area contributed by atoms with Crippen molar-refractivity contribution in [3.63, 3.8) is 0 Å². The Labute approximate surface area is 119 Å². The fourth-order valence-corrected chi connectivity index (χ4v) is 5.27. The van der Waals surface area contributed by atoms with E-state index in [-0.39, 0.29) is 29.6 Å². The first-order valence-electron chi connectivity index (χ1n) is 6.63. The molecule has 0 bridgehead atoms. The van der Waals surface area contributed by atoms with Gasteiger partial charge in [-0.1, -0.05) is 6.07 Å². The smallest absolute Gasteiger partial charge is 0.321 e. The molecule has 1 aromatic carbocycles. The van der Waals surface area contributed by atoms with Crippen LogP contribution in [0.25, 0.3) is 0 Å². The van der Waals surface area contributed by atoms with Crippen LogP contribution in [0.2, 0.25) is 0 Å². The van der Waals surface area contributed by atoms with Crippen LogP contribution in [0.3, 0.4) is 0 Å². The molecule has 0 spiro atoms. The number of benzene rings is 1. The van der Waals surface area contributed by atoms with Gasteiger partial charge in [0.05, 0.1) is 23.6 Å². The first-order valence-corrected chi connectivity index (χ1v) is 8.45. The molecular formula is C14H18N2O3S. The standard InChI is InChI=1S/C14H18N2O3S/c1-9-4-10(2)6-11(5-9)16-13-8-20(18,19)7-12(13)15(3)14(16)17/h4-6,12-13H,7-8H2,1-3H3. The number of hydrogen-bond acceptors (Lipinski definition) is 3. The molecule has 5 nitrogen and oxygen atoms in total. The van der Waals surface area contributed by atoms with E-state index in [0.717, 1.165) is 16.8 Å². The van der Waals surface area contributed by atoms with E-state index in [1.165, 1.54) is 0 Å². The topological polar surface area (TPSA) is 57.7 Å². The number of sulfone groups is 1. The summed E-state index contributed by atoms with van der Waals surface area (Å²) >= 11 is 0. The molecule has 2 fully saturated rings. The summed E-state index contributed by atoms with van der Waals surface area (Å²) in [4.78, 5) is 15.6. The summed E-state index contributed by atoms with van der Waals surface area (Å²) in [6.45, 7) is 3.95. The Kier molecular flexibility index (Phi) is 2.83. The average molecular weight is 294 g/mol. The zero-order valence-electron chi connectivity index (χ0n) is 11.8. The Balaban J connectivity index is 2.06. The second-order valence-corrected chi connectivity index (χ2v) is 7.97. The Morgan fingerprint density at radius 2 is 1.60 bits per heavy atom. The van der Waals surface area contributed by atoms with E-state index in [1.807, 2.05) is 32.0 Å². The van der Waals surface area contributed by atoms with Crippen LogP contribution >= 0.6 is 0 Å². The largest absolute Gasteiger partial charge is 0.324 e. The Hall–Kier alpha value is -1.56. The molecule has 2 aliphatic heterocycles. The molecule has 0 aromatic heterocycles. The van der Waals surface area contributed by atoms with E-state index >= 15 is 0 Å². The molecule has 2 aliphatic rings. The van der Waals surface area contributed by atoms with Crippen molar-refractivity contribution < 1.29 is 13.2 Å². The second kappa shape index (κ2) is 4.22. The van der Waals surface area contributed by atoms with Crippen LogP contribution in [0, 0.1) is 13.8 Å². The van der Waals surface area contributed by atoms with Crippen LogP contribution < -0.4 is 4.90 Å². The van der Waals surface area contributed by atoms with E-state index in [0.29, 0.717) is 0 Å². The number of nitrogens with zero attached hydrogens (tertiary/aromatic N) is 2. The molecule has 2 heterocycles. The predicted octanol–water partition coefficient (Wildman–Crippen LogP) is 1.34. The molecule has 2 atom stereocenters. The third-order valence-electron chi connectivity index (χ3n) is 4.12. The number of hydrogen-bond donors (Lipinski definition) is 0. The number of aryl methyl sites for hydroxylation is 2. The summed E-state index contributed by atoms with van der Waals surface area (Å²) in [6, 6.07) is 5.31. The molecule has 3 rings (SSSR count).